The molecule has 14 heavy (non-hydrogen) atoms. The first-order chi connectivity index (χ1) is 6.93. The van der Waals surface area contributed by atoms with Crippen LogP contribution in [0.1, 0.15) is 49.0 Å². The van der Waals surface area contributed by atoms with Crippen LogP contribution in [0.25, 0.3) is 0 Å². The van der Waals surface area contributed by atoms with Gasteiger partial charge in [-0.1, -0.05) is 0 Å². The van der Waals surface area contributed by atoms with Crippen LogP contribution < -0.4 is 0 Å². The van der Waals surface area contributed by atoms with Gasteiger partial charge in [0.15, 0.2) is 0 Å². The second kappa shape index (κ2) is 3.39. The molecule has 0 aromatic carbocycles. The quantitative estimate of drug-likeness (QED) is 0.740. The number of aryl methyl sites for hydroxylation is 2. The van der Waals surface area contributed by atoms with Gasteiger partial charge >= 0.3 is 0 Å². The predicted molar refractivity (Wildman–Crippen MR) is 53.2 cm³/mol. The summed E-state index contributed by atoms with van der Waals surface area (Å²) in [4.78, 5) is 8.09. The summed E-state index contributed by atoms with van der Waals surface area (Å²) in [6.07, 6.45) is 7.49. The Morgan fingerprint density at radius 2 is 2.14 bits per heavy atom. The molecule has 0 bridgehead atoms. The summed E-state index contributed by atoms with van der Waals surface area (Å²) in [5.74, 6) is 1.08. The Labute approximate surface area is 83.9 Å². The van der Waals surface area contributed by atoms with E-state index in [4.69, 9.17) is 4.74 Å². The number of imidazole rings is 1. The van der Waals surface area contributed by atoms with Crippen molar-refractivity contribution in [3.8, 4) is 0 Å². The van der Waals surface area contributed by atoms with E-state index in [1.807, 2.05) is 0 Å². The van der Waals surface area contributed by atoms with Gasteiger partial charge < -0.3 is 9.72 Å². The normalized spacial score (nSPS) is 26.4. The van der Waals surface area contributed by atoms with E-state index in [0.717, 1.165) is 25.3 Å². The molecular formula is C11H16N2O. The molecule has 0 amide bonds. The molecule has 1 N–H and O–H groups in total. The van der Waals surface area contributed by atoms with E-state index >= 15 is 0 Å². The van der Waals surface area contributed by atoms with Crippen LogP contribution in [-0.2, 0) is 17.6 Å². The number of hydrogen-bond acceptors (Lipinski definition) is 2. The van der Waals surface area contributed by atoms with Crippen LogP contribution in [-0.4, -0.2) is 16.6 Å². The standard InChI is InChI=1S/C11H16N2O/c1-2-5-9-8(4-1)12-11(13-9)10-6-3-7-14-10/h10H,1-7H2,(H,12,13). The molecule has 1 saturated heterocycles. The molecule has 1 aromatic rings. The molecular weight excluding hydrogens is 176 g/mol. The number of rotatable bonds is 1. The van der Waals surface area contributed by atoms with Gasteiger partial charge in [-0.25, -0.2) is 4.98 Å². The molecule has 76 valence electrons. The lowest BCUT2D eigenvalue weighted by molar-refractivity contribution is 0.105. The SMILES string of the molecule is C1CCc2[nH]c(C3CCCO3)nc2C1. The van der Waals surface area contributed by atoms with Gasteiger partial charge in [0.1, 0.15) is 11.9 Å². The minimum absolute atomic E-state index is 0.251. The first kappa shape index (κ1) is 8.48. The van der Waals surface area contributed by atoms with Gasteiger partial charge in [0.2, 0.25) is 0 Å². The van der Waals surface area contributed by atoms with Gasteiger partial charge in [0.25, 0.3) is 0 Å². The van der Waals surface area contributed by atoms with Gasteiger partial charge in [0, 0.05) is 12.3 Å². The number of nitrogens with one attached hydrogen (secondary N) is 1. The summed E-state index contributed by atoms with van der Waals surface area (Å²) in [6, 6.07) is 0. The van der Waals surface area contributed by atoms with Crippen LogP contribution in [0.2, 0.25) is 0 Å². The minimum Gasteiger partial charge on any atom is -0.370 e. The average molecular weight is 192 g/mol. The molecule has 2 aliphatic rings. The lowest BCUT2D eigenvalue weighted by Crippen LogP contribution is -2.00. The van der Waals surface area contributed by atoms with Crippen molar-refractivity contribution in [3.63, 3.8) is 0 Å². The van der Waals surface area contributed by atoms with Gasteiger partial charge in [-0.3, -0.25) is 0 Å². The van der Waals surface area contributed by atoms with Crippen LogP contribution in [0.5, 0.6) is 0 Å². The third kappa shape index (κ3) is 1.36. The van der Waals surface area contributed by atoms with Gasteiger partial charge in [0.05, 0.1) is 5.69 Å². The molecule has 1 aliphatic carbocycles. The molecule has 1 aliphatic heterocycles. The zero-order valence-corrected chi connectivity index (χ0v) is 8.38. The fourth-order valence-corrected chi connectivity index (χ4v) is 2.42. The maximum Gasteiger partial charge on any atom is 0.135 e. The van der Waals surface area contributed by atoms with Gasteiger partial charge in [-0.15, -0.1) is 0 Å². The topological polar surface area (TPSA) is 37.9 Å². The fraction of sp³-hybridized carbons (Fsp3) is 0.727. The van der Waals surface area contributed by atoms with Crippen molar-refractivity contribution in [2.24, 2.45) is 0 Å². The fourth-order valence-electron chi connectivity index (χ4n) is 2.42. The van der Waals surface area contributed by atoms with E-state index in [1.165, 1.54) is 37.1 Å². The zero-order chi connectivity index (χ0) is 9.38. The molecule has 3 nitrogen and oxygen atoms in total. The third-order valence-electron chi connectivity index (χ3n) is 3.21. The number of aromatic amines is 1. The van der Waals surface area contributed by atoms with Crippen molar-refractivity contribution in [3.05, 3.63) is 17.2 Å². The van der Waals surface area contributed by atoms with E-state index in [2.05, 4.69) is 9.97 Å². The number of ether oxygens (including phenoxy) is 1. The summed E-state index contributed by atoms with van der Waals surface area (Å²) in [6.45, 7) is 0.899. The van der Waals surface area contributed by atoms with Crippen LogP contribution in [0.3, 0.4) is 0 Å². The van der Waals surface area contributed by atoms with Crippen LogP contribution in [0.15, 0.2) is 0 Å². The second-order valence-corrected chi connectivity index (χ2v) is 4.26. The highest BCUT2D eigenvalue weighted by atomic mass is 16.5. The summed E-state index contributed by atoms with van der Waals surface area (Å²) in [7, 11) is 0. The maximum atomic E-state index is 5.62. The Bertz CT molecular complexity index is 303. The molecule has 3 rings (SSSR count). The molecule has 0 spiro atoms. The number of aromatic nitrogens is 2. The second-order valence-electron chi connectivity index (χ2n) is 4.26. The lowest BCUT2D eigenvalue weighted by atomic mass is 10.0. The van der Waals surface area contributed by atoms with E-state index in [1.54, 1.807) is 0 Å². The third-order valence-corrected chi connectivity index (χ3v) is 3.21. The van der Waals surface area contributed by atoms with Crippen molar-refractivity contribution in [1.29, 1.82) is 0 Å². The number of hydrogen-bond donors (Lipinski definition) is 1. The largest absolute Gasteiger partial charge is 0.370 e. The summed E-state index contributed by atoms with van der Waals surface area (Å²) in [5, 5.41) is 0. The van der Waals surface area contributed by atoms with Crippen molar-refractivity contribution in [2.45, 2.75) is 44.6 Å². The summed E-state index contributed by atoms with van der Waals surface area (Å²) in [5.41, 5.74) is 2.66. The Morgan fingerprint density at radius 1 is 1.21 bits per heavy atom. The Kier molecular flexibility index (Phi) is 2.05. The zero-order valence-electron chi connectivity index (χ0n) is 8.38. The monoisotopic (exact) mass is 192 g/mol. The number of H-pyrrole nitrogens is 1. The van der Waals surface area contributed by atoms with E-state index < -0.39 is 0 Å². The molecule has 1 unspecified atom stereocenters. The number of nitrogens with zero attached hydrogens (tertiary/aromatic N) is 1. The van der Waals surface area contributed by atoms with Gasteiger partial charge in [-0.05, 0) is 38.5 Å². The average Bonchev–Trinajstić information content (AvgIpc) is 2.86. The molecule has 1 atom stereocenters. The highest BCUT2D eigenvalue weighted by Gasteiger charge is 2.23. The molecule has 1 fully saturated rings. The lowest BCUT2D eigenvalue weighted by Gasteiger charge is -2.07. The van der Waals surface area contributed by atoms with Crippen molar-refractivity contribution in [2.75, 3.05) is 6.61 Å². The van der Waals surface area contributed by atoms with E-state index in [9.17, 15) is 0 Å². The Morgan fingerprint density at radius 3 is 2.93 bits per heavy atom. The first-order valence-corrected chi connectivity index (χ1v) is 5.63. The smallest absolute Gasteiger partial charge is 0.135 e. The minimum atomic E-state index is 0.251. The van der Waals surface area contributed by atoms with E-state index in [-0.39, 0.29) is 6.10 Å². The Hall–Kier alpha value is -0.830. The highest BCUT2D eigenvalue weighted by Crippen LogP contribution is 2.29. The molecule has 0 radical (unpaired) electrons. The maximum absolute atomic E-state index is 5.62. The van der Waals surface area contributed by atoms with Crippen LogP contribution in [0, 0.1) is 0 Å². The molecule has 1 aromatic heterocycles. The highest BCUT2D eigenvalue weighted by molar-refractivity contribution is 5.18. The Balaban J connectivity index is 1.87. The van der Waals surface area contributed by atoms with E-state index in [0.29, 0.717) is 0 Å². The first-order valence-electron chi connectivity index (χ1n) is 5.63. The molecule has 0 saturated carbocycles. The number of fused-ring (bicyclic) bond motifs is 1. The molecule has 2 heterocycles. The van der Waals surface area contributed by atoms with Crippen molar-refractivity contribution >= 4 is 0 Å². The predicted octanol–water partition coefficient (Wildman–Crippen LogP) is 2.14. The van der Waals surface area contributed by atoms with Crippen LogP contribution in [0.4, 0.5) is 0 Å². The molecule has 3 heteroatoms. The van der Waals surface area contributed by atoms with Gasteiger partial charge in [-0.2, -0.15) is 0 Å². The van der Waals surface area contributed by atoms with Crippen molar-refractivity contribution < 1.29 is 4.74 Å². The van der Waals surface area contributed by atoms with Crippen molar-refractivity contribution in [1.82, 2.24) is 9.97 Å². The van der Waals surface area contributed by atoms with Crippen LogP contribution >= 0.6 is 0 Å². The summed E-state index contributed by atoms with van der Waals surface area (Å²) < 4.78 is 5.62. The summed E-state index contributed by atoms with van der Waals surface area (Å²) >= 11 is 0.